The van der Waals surface area contributed by atoms with Crippen LogP contribution in [-0.2, 0) is 12.7 Å². The van der Waals surface area contributed by atoms with Crippen LogP contribution in [0.5, 0.6) is 5.75 Å². The summed E-state index contributed by atoms with van der Waals surface area (Å²) < 4.78 is 44.8. The molecule has 0 radical (unpaired) electrons. The Kier molecular flexibility index (Phi) is 7.13. The molecule has 6 nitrogen and oxygen atoms in total. The number of alkyl halides is 3. The van der Waals surface area contributed by atoms with Gasteiger partial charge in [-0.1, -0.05) is 18.6 Å². The van der Waals surface area contributed by atoms with Crippen molar-refractivity contribution >= 4 is 11.8 Å². The van der Waals surface area contributed by atoms with E-state index in [1.807, 2.05) is 12.1 Å². The molecule has 0 atom stereocenters. The van der Waals surface area contributed by atoms with Crippen LogP contribution >= 0.6 is 0 Å². The molecule has 0 spiro atoms. The number of hydrogen-bond donors (Lipinski definition) is 2. The van der Waals surface area contributed by atoms with Crippen molar-refractivity contribution in [3.8, 4) is 5.75 Å². The Morgan fingerprint density at radius 2 is 1.76 bits per heavy atom. The average molecular weight is 409 g/mol. The van der Waals surface area contributed by atoms with Crippen molar-refractivity contribution in [1.82, 2.24) is 14.9 Å². The van der Waals surface area contributed by atoms with Gasteiger partial charge in [0, 0.05) is 25.7 Å². The molecule has 9 heteroatoms. The third kappa shape index (κ3) is 6.49. The molecule has 2 N–H and O–H groups in total. The number of aromatic nitrogens is 2. The average Bonchev–Trinajstić information content (AvgIpc) is 2.73. The van der Waals surface area contributed by atoms with Gasteiger partial charge in [0.1, 0.15) is 11.6 Å². The van der Waals surface area contributed by atoms with Gasteiger partial charge in [0.05, 0.1) is 7.11 Å². The van der Waals surface area contributed by atoms with Crippen molar-refractivity contribution < 1.29 is 17.9 Å². The number of ether oxygens (including phenoxy) is 1. The molecule has 1 aliphatic rings. The zero-order chi connectivity index (χ0) is 20.7. The number of halogens is 3. The van der Waals surface area contributed by atoms with Gasteiger partial charge in [-0.3, -0.25) is 0 Å². The topological polar surface area (TPSA) is 62.3 Å². The first kappa shape index (κ1) is 21.2. The van der Waals surface area contributed by atoms with Crippen LogP contribution in [0.1, 0.15) is 30.5 Å². The number of nitrogens with one attached hydrogen (secondary N) is 2. The zero-order valence-corrected chi connectivity index (χ0v) is 16.4. The van der Waals surface area contributed by atoms with Crippen molar-refractivity contribution in [2.45, 2.75) is 32.0 Å². The molecular formula is C20H26F3N5O. The normalized spacial score (nSPS) is 15.2. The molecule has 1 aromatic heterocycles. The third-order valence-electron chi connectivity index (χ3n) is 4.81. The van der Waals surface area contributed by atoms with E-state index in [1.54, 1.807) is 19.2 Å². The van der Waals surface area contributed by atoms with Crippen molar-refractivity contribution in [3.05, 3.63) is 41.6 Å². The van der Waals surface area contributed by atoms with Gasteiger partial charge in [-0.2, -0.15) is 18.2 Å². The fourth-order valence-electron chi connectivity index (χ4n) is 3.21. The Hall–Kier alpha value is -2.55. The van der Waals surface area contributed by atoms with E-state index in [4.69, 9.17) is 4.74 Å². The predicted octanol–water partition coefficient (Wildman–Crippen LogP) is 4.01. The summed E-state index contributed by atoms with van der Waals surface area (Å²) in [5, 5.41) is 5.89. The molecule has 1 aliphatic heterocycles. The lowest BCUT2D eigenvalue weighted by Gasteiger charge is -2.26. The Labute approximate surface area is 168 Å². The van der Waals surface area contributed by atoms with E-state index in [0.29, 0.717) is 13.1 Å². The fourth-order valence-corrected chi connectivity index (χ4v) is 3.21. The number of likely N-dealkylation sites (tertiary alicyclic amines) is 1. The fraction of sp³-hybridized carbons (Fsp3) is 0.500. The van der Waals surface area contributed by atoms with E-state index in [1.165, 1.54) is 19.3 Å². The van der Waals surface area contributed by atoms with Crippen LogP contribution in [0.4, 0.5) is 24.9 Å². The van der Waals surface area contributed by atoms with Gasteiger partial charge in [0.25, 0.3) is 0 Å². The van der Waals surface area contributed by atoms with E-state index in [2.05, 4.69) is 25.5 Å². The second kappa shape index (κ2) is 9.78. The molecule has 0 aliphatic carbocycles. The summed E-state index contributed by atoms with van der Waals surface area (Å²) >= 11 is 0. The minimum atomic E-state index is -4.54. The molecule has 1 aromatic carbocycles. The molecule has 1 fully saturated rings. The van der Waals surface area contributed by atoms with Crippen LogP contribution in [0.3, 0.4) is 0 Å². The van der Waals surface area contributed by atoms with Crippen molar-refractivity contribution in [2.24, 2.45) is 0 Å². The standard InChI is InChI=1S/C20H26F3N5O/c1-29-16-7-5-15(6-8-16)14-25-18-13-17(20(21,22)23)26-19(27-18)24-9-12-28-10-3-2-4-11-28/h5-8,13H,2-4,9-12,14H2,1H3,(H2,24,25,26,27). The Bertz CT molecular complexity index is 777. The van der Waals surface area contributed by atoms with Gasteiger partial charge in [-0.05, 0) is 43.6 Å². The van der Waals surface area contributed by atoms with Crippen LogP contribution in [0, 0.1) is 0 Å². The maximum absolute atomic E-state index is 13.2. The molecule has 0 unspecified atom stereocenters. The minimum absolute atomic E-state index is 0.0194. The van der Waals surface area contributed by atoms with Crippen LogP contribution in [0.25, 0.3) is 0 Å². The highest BCUT2D eigenvalue weighted by Crippen LogP contribution is 2.29. The van der Waals surface area contributed by atoms with E-state index in [0.717, 1.165) is 37.0 Å². The summed E-state index contributed by atoms with van der Waals surface area (Å²) in [6.07, 6.45) is -0.967. The maximum atomic E-state index is 13.2. The summed E-state index contributed by atoms with van der Waals surface area (Å²) in [5.74, 6) is 0.827. The smallest absolute Gasteiger partial charge is 0.433 e. The molecule has 3 rings (SSSR count). The number of methoxy groups -OCH3 is 1. The van der Waals surface area contributed by atoms with Gasteiger partial charge < -0.3 is 20.3 Å². The molecule has 0 bridgehead atoms. The monoisotopic (exact) mass is 409 g/mol. The largest absolute Gasteiger partial charge is 0.497 e. The number of piperidine rings is 1. The van der Waals surface area contributed by atoms with Gasteiger partial charge >= 0.3 is 6.18 Å². The Morgan fingerprint density at radius 1 is 1.03 bits per heavy atom. The molecule has 158 valence electrons. The van der Waals surface area contributed by atoms with E-state index in [-0.39, 0.29) is 11.8 Å². The van der Waals surface area contributed by atoms with Crippen molar-refractivity contribution in [1.29, 1.82) is 0 Å². The molecule has 0 amide bonds. The van der Waals surface area contributed by atoms with Crippen LogP contribution in [-0.4, -0.2) is 48.2 Å². The molecular weight excluding hydrogens is 383 g/mol. The summed E-state index contributed by atoms with van der Waals surface area (Å²) in [6, 6.07) is 8.21. The van der Waals surface area contributed by atoms with Gasteiger partial charge in [-0.25, -0.2) is 4.98 Å². The first-order chi connectivity index (χ1) is 13.9. The minimum Gasteiger partial charge on any atom is -0.497 e. The number of benzene rings is 1. The quantitative estimate of drug-likeness (QED) is 0.687. The number of nitrogens with zero attached hydrogens (tertiary/aromatic N) is 3. The highest BCUT2D eigenvalue weighted by molar-refractivity contribution is 5.44. The third-order valence-corrected chi connectivity index (χ3v) is 4.81. The lowest BCUT2D eigenvalue weighted by atomic mass is 10.1. The van der Waals surface area contributed by atoms with Gasteiger partial charge in [0.2, 0.25) is 5.95 Å². The van der Waals surface area contributed by atoms with Crippen molar-refractivity contribution in [3.63, 3.8) is 0 Å². The zero-order valence-electron chi connectivity index (χ0n) is 16.4. The van der Waals surface area contributed by atoms with Gasteiger partial charge in [-0.15, -0.1) is 0 Å². The second-order valence-corrected chi connectivity index (χ2v) is 6.99. The van der Waals surface area contributed by atoms with Crippen LogP contribution in [0.2, 0.25) is 0 Å². The molecule has 0 saturated carbocycles. The molecule has 2 aromatic rings. The second-order valence-electron chi connectivity index (χ2n) is 6.99. The summed E-state index contributed by atoms with van der Waals surface area (Å²) in [7, 11) is 1.58. The predicted molar refractivity (Wildman–Crippen MR) is 106 cm³/mol. The van der Waals surface area contributed by atoms with E-state index in [9.17, 15) is 13.2 Å². The highest BCUT2D eigenvalue weighted by atomic mass is 19.4. The van der Waals surface area contributed by atoms with E-state index >= 15 is 0 Å². The van der Waals surface area contributed by atoms with Crippen LogP contribution in [0.15, 0.2) is 30.3 Å². The van der Waals surface area contributed by atoms with Gasteiger partial charge in [0.15, 0.2) is 5.69 Å². The summed E-state index contributed by atoms with van der Waals surface area (Å²) in [5.41, 5.74) is -0.0669. The Morgan fingerprint density at radius 3 is 2.41 bits per heavy atom. The SMILES string of the molecule is COc1ccc(CNc2cc(C(F)(F)F)nc(NCCN3CCCCC3)n2)cc1. The number of anilines is 2. The number of rotatable bonds is 8. The Balaban J connectivity index is 1.64. The lowest BCUT2D eigenvalue weighted by molar-refractivity contribution is -0.141. The number of hydrogen-bond acceptors (Lipinski definition) is 6. The molecule has 1 saturated heterocycles. The summed E-state index contributed by atoms with van der Waals surface area (Å²) in [4.78, 5) is 10.1. The first-order valence-corrected chi connectivity index (χ1v) is 9.73. The lowest BCUT2D eigenvalue weighted by Crippen LogP contribution is -2.34. The maximum Gasteiger partial charge on any atom is 0.433 e. The molecule has 2 heterocycles. The summed E-state index contributed by atoms with van der Waals surface area (Å²) in [6.45, 7) is 3.65. The van der Waals surface area contributed by atoms with Crippen LogP contribution < -0.4 is 15.4 Å². The van der Waals surface area contributed by atoms with E-state index < -0.39 is 11.9 Å². The van der Waals surface area contributed by atoms with Crippen molar-refractivity contribution in [2.75, 3.05) is 43.9 Å². The highest BCUT2D eigenvalue weighted by Gasteiger charge is 2.33. The molecule has 29 heavy (non-hydrogen) atoms. The first-order valence-electron chi connectivity index (χ1n) is 9.73.